The summed E-state index contributed by atoms with van der Waals surface area (Å²) in [7, 11) is 0. The summed E-state index contributed by atoms with van der Waals surface area (Å²) in [5.41, 5.74) is 1.64. The summed E-state index contributed by atoms with van der Waals surface area (Å²) in [5, 5.41) is 3.19. The van der Waals surface area contributed by atoms with E-state index in [4.69, 9.17) is 4.74 Å². The smallest absolute Gasteiger partial charge is 0.256 e. The van der Waals surface area contributed by atoms with Gasteiger partial charge in [0.1, 0.15) is 6.10 Å². The summed E-state index contributed by atoms with van der Waals surface area (Å²) in [5.74, 6) is 0.196. The highest BCUT2D eigenvalue weighted by molar-refractivity contribution is 6.00. The van der Waals surface area contributed by atoms with Crippen LogP contribution in [-0.4, -0.2) is 85.5 Å². The molecule has 8 heteroatoms. The van der Waals surface area contributed by atoms with Crippen LogP contribution in [0.15, 0.2) is 24.3 Å². The average Bonchev–Trinajstić information content (AvgIpc) is 3.38. The van der Waals surface area contributed by atoms with Crippen molar-refractivity contribution >= 4 is 23.4 Å². The largest absolute Gasteiger partial charge is 0.371 e. The van der Waals surface area contributed by atoms with Crippen LogP contribution in [0.4, 0.5) is 5.69 Å². The van der Waals surface area contributed by atoms with Gasteiger partial charge < -0.3 is 24.8 Å². The number of para-hydroxylation sites is 1. The van der Waals surface area contributed by atoms with E-state index in [0.29, 0.717) is 44.8 Å². The lowest BCUT2D eigenvalue weighted by Crippen LogP contribution is -2.53. The molecule has 192 valence electrons. The van der Waals surface area contributed by atoms with Crippen LogP contribution in [0.3, 0.4) is 0 Å². The predicted octanol–water partition coefficient (Wildman–Crippen LogP) is 2.67. The van der Waals surface area contributed by atoms with Gasteiger partial charge in [-0.3, -0.25) is 14.4 Å². The van der Waals surface area contributed by atoms with Crippen LogP contribution in [0, 0.1) is 5.41 Å². The van der Waals surface area contributed by atoms with Crippen molar-refractivity contribution in [2.24, 2.45) is 5.41 Å². The fourth-order valence-electron chi connectivity index (χ4n) is 5.23. The maximum atomic E-state index is 13.5. The summed E-state index contributed by atoms with van der Waals surface area (Å²) in [6.45, 7) is 10.6. The maximum Gasteiger partial charge on any atom is 0.256 e. The van der Waals surface area contributed by atoms with Crippen LogP contribution >= 0.6 is 0 Å². The SMILES string of the molecule is CC(C)(C)CC(=O)NC1CCN(c2ccccc2C(=O)N2CCN(C(=O)C3CCCO3)CC2)CC1. The van der Waals surface area contributed by atoms with Gasteiger partial charge in [-0.25, -0.2) is 0 Å². The van der Waals surface area contributed by atoms with Gasteiger partial charge in [0.2, 0.25) is 5.91 Å². The molecule has 1 unspecified atom stereocenters. The lowest BCUT2D eigenvalue weighted by molar-refractivity contribution is -0.142. The number of rotatable bonds is 5. The molecule has 0 spiro atoms. The highest BCUT2D eigenvalue weighted by atomic mass is 16.5. The van der Waals surface area contributed by atoms with Crippen molar-refractivity contribution in [2.75, 3.05) is 50.8 Å². The summed E-state index contributed by atoms with van der Waals surface area (Å²) in [6, 6.07) is 7.98. The number of piperidine rings is 1. The molecule has 0 saturated carbocycles. The van der Waals surface area contributed by atoms with Crippen LogP contribution in [0.1, 0.15) is 63.2 Å². The fourth-order valence-corrected chi connectivity index (χ4v) is 5.23. The van der Waals surface area contributed by atoms with Gasteiger partial charge in [-0.1, -0.05) is 32.9 Å². The molecular weight excluding hydrogens is 444 g/mol. The van der Waals surface area contributed by atoms with Crippen molar-refractivity contribution in [2.45, 2.75) is 65.0 Å². The Morgan fingerprint density at radius 3 is 2.23 bits per heavy atom. The number of anilines is 1. The highest BCUT2D eigenvalue weighted by Crippen LogP contribution is 2.27. The lowest BCUT2D eigenvalue weighted by atomic mass is 9.91. The molecule has 0 aliphatic carbocycles. The summed E-state index contributed by atoms with van der Waals surface area (Å²) in [6.07, 6.45) is 3.68. The average molecular weight is 485 g/mol. The van der Waals surface area contributed by atoms with Crippen LogP contribution in [0.25, 0.3) is 0 Å². The molecule has 3 fully saturated rings. The normalized spacial score (nSPS) is 21.8. The summed E-state index contributed by atoms with van der Waals surface area (Å²) < 4.78 is 5.54. The Bertz CT molecular complexity index is 906. The van der Waals surface area contributed by atoms with Crippen LogP contribution in [-0.2, 0) is 14.3 Å². The highest BCUT2D eigenvalue weighted by Gasteiger charge is 2.32. The molecule has 3 aliphatic rings. The lowest BCUT2D eigenvalue weighted by Gasteiger charge is -2.38. The van der Waals surface area contributed by atoms with Crippen molar-refractivity contribution < 1.29 is 19.1 Å². The van der Waals surface area contributed by atoms with Crippen molar-refractivity contribution in [3.63, 3.8) is 0 Å². The van der Waals surface area contributed by atoms with E-state index < -0.39 is 0 Å². The van der Waals surface area contributed by atoms with Crippen molar-refractivity contribution in [1.29, 1.82) is 0 Å². The van der Waals surface area contributed by atoms with Gasteiger partial charge in [-0.05, 0) is 43.2 Å². The van der Waals surface area contributed by atoms with Gasteiger partial charge >= 0.3 is 0 Å². The molecule has 3 aliphatic heterocycles. The standard InChI is InChI=1S/C27H40N4O4/c1-27(2,3)19-24(32)28-20-10-12-29(13-11-20)22-8-5-4-7-21(22)25(33)30-14-16-31(17-15-30)26(34)23-9-6-18-35-23/h4-5,7-8,20,23H,6,9-19H2,1-3H3,(H,28,32). The molecule has 1 N–H and O–H groups in total. The van der Waals surface area contributed by atoms with Gasteiger partial charge in [-0.2, -0.15) is 0 Å². The fraction of sp³-hybridized carbons (Fsp3) is 0.667. The first-order chi connectivity index (χ1) is 16.7. The van der Waals surface area contributed by atoms with E-state index in [1.54, 1.807) is 0 Å². The van der Waals surface area contributed by atoms with E-state index in [1.807, 2.05) is 34.1 Å². The number of nitrogens with zero attached hydrogens (tertiary/aromatic N) is 3. The zero-order valence-corrected chi connectivity index (χ0v) is 21.4. The number of hydrogen-bond donors (Lipinski definition) is 1. The molecule has 3 amide bonds. The summed E-state index contributed by atoms with van der Waals surface area (Å²) >= 11 is 0. The van der Waals surface area contributed by atoms with Gasteiger partial charge in [-0.15, -0.1) is 0 Å². The molecule has 1 atom stereocenters. The molecule has 3 heterocycles. The first kappa shape index (κ1) is 25.5. The van der Waals surface area contributed by atoms with Crippen LogP contribution < -0.4 is 10.2 Å². The quantitative estimate of drug-likeness (QED) is 0.695. The van der Waals surface area contributed by atoms with E-state index in [0.717, 1.165) is 44.5 Å². The second-order valence-electron chi connectivity index (χ2n) is 11.2. The number of ether oxygens (including phenoxy) is 1. The number of piperazine rings is 1. The van der Waals surface area contributed by atoms with Gasteiger partial charge in [0.25, 0.3) is 11.8 Å². The van der Waals surface area contributed by atoms with Crippen molar-refractivity contribution in [3.05, 3.63) is 29.8 Å². The second kappa shape index (κ2) is 11.0. The number of hydrogen-bond acceptors (Lipinski definition) is 5. The first-order valence-electron chi connectivity index (χ1n) is 13.0. The Morgan fingerprint density at radius 1 is 0.943 bits per heavy atom. The molecule has 0 aromatic heterocycles. The molecule has 3 saturated heterocycles. The molecule has 35 heavy (non-hydrogen) atoms. The first-order valence-corrected chi connectivity index (χ1v) is 13.0. The van der Waals surface area contributed by atoms with E-state index in [9.17, 15) is 14.4 Å². The third-order valence-electron chi connectivity index (χ3n) is 7.11. The van der Waals surface area contributed by atoms with Crippen LogP contribution in [0.2, 0.25) is 0 Å². The molecule has 1 aromatic carbocycles. The molecular formula is C27H40N4O4. The van der Waals surface area contributed by atoms with Crippen molar-refractivity contribution in [1.82, 2.24) is 15.1 Å². The third-order valence-corrected chi connectivity index (χ3v) is 7.11. The van der Waals surface area contributed by atoms with E-state index in [-0.39, 0.29) is 35.3 Å². The Hall–Kier alpha value is -2.61. The molecule has 8 nitrogen and oxygen atoms in total. The third kappa shape index (κ3) is 6.54. The number of carbonyl (C=O) groups excluding carboxylic acids is 3. The Morgan fingerprint density at radius 2 is 1.60 bits per heavy atom. The molecule has 1 aromatic rings. The molecule has 0 bridgehead atoms. The predicted molar refractivity (Wildman–Crippen MR) is 135 cm³/mol. The topological polar surface area (TPSA) is 82.2 Å². The number of nitrogens with one attached hydrogen (secondary N) is 1. The maximum absolute atomic E-state index is 13.5. The second-order valence-corrected chi connectivity index (χ2v) is 11.2. The zero-order chi connectivity index (χ0) is 25.0. The summed E-state index contributed by atoms with van der Waals surface area (Å²) in [4.78, 5) is 44.4. The Balaban J connectivity index is 1.32. The van der Waals surface area contributed by atoms with Gasteiger partial charge in [0.15, 0.2) is 0 Å². The molecule has 4 rings (SSSR count). The zero-order valence-electron chi connectivity index (χ0n) is 21.4. The minimum absolute atomic E-state index is 0.0189. The Kier molecular flexibility index (Phi) is 7.99. The number of benzene rings is 1. The van der Waals surface area contributed by atoms with E-state index in [1.165, 1.54) is 0 Å². The van der Waals surface area contributed by atoms with Gasteiger partial charge in [0, 0.05) is 64.0 Å². The Labute approximate surface area is 209 Å². The minimum atomic E-state index is -0.306. The number of carbonyl (C=O) groups is 3. The number of amides is 3. The van der Waals surface area contributed by atoms with Gasteiger partial charge in [0.05, 0.1) is 5.56 Å². The molecule has 0 radical (unpaired) electrons. The monoisotopic (exact) mass is 484 g/mol. The van der Waals surface area contributed by atoms with E-state index in [2.05, 4.69) is 31.0 Å². The minimum Gasteiger partial charge on any atom is -0.371 e. The van der Waals surface area contributed by atoms with Crippen molar-refractivity contribution in [3.8, 4) is 0 Å². The van der Waals surface area contributed by atoms with E-state index >= 15 is 0 Å². The van der Waals surface area contributed by atoms with Crippen LogP contribution in [0.5, 0.6) is 0 Å².